The van der Waals surface area contributed by atoms with Crippen LogP contribution in [0.5, 0.6) is 0 Å². The van der Waals surface area contributed by atoms with Crippen molar-refractivity contribution in [2.45, 2.75) is 64.0 Å². The fraction of sp³-hybridized carbons (Fsp3) is 1.00. The van der Waals surface area contributed by atoms with Crippen molar-refractivity contribution in [3.8, 4) is 0 Å². The molecule has 0 aromatic rings. The first kappa shape index (κ1) is 17.2. The number of piperidine rings is 1. The van der Waals surface area contributed by atoms with Crippen LogP contribution in [0.25, 0.3) is 0 Å². The fourth-order valence-electron chi connectivity index (χ4n) is 3.92. The number of likely N-dealkylation sites (N-methyl/N-ethyl adjacent to an activating group) is 1. The van der Waals surface area contributed by atoms with Gasteiger partial charge < -0.3 is 15.3 Å². The molecule has 0 spiro atoms. The number of nitrogens with zero attached hydrogens (tertiary/aromatic N) is 2. The van der Waals surface area contributed by atoms with Gasteiger partial charge in [-0.2, -0.15) is 0 Å². The highest BCUT2D eigenvalue weighted by molar-refractivity contribution is 4.85. The third kappa shape index (κ3) is 5.20. The third-order valence-corrected chi connectivity index (χ3v) is 5.33. The summed E-state index contributed by atoms with van der Waals surface area (Å²) in [4.78, 5) is 5.37. The van der Waals surface area contributed by atoms with E-state index < -0.39 is 0 Å². The number of hydrogen-bond donors (Lipinski definition) is 2. The fourth-order valence-corrected chi connectivity index (χ4v) is 3.92. The van der Waals surface area contributed by atoms with Gasteiger partial charge in [0, 0.05) is 31.2 Å². The summed E-state index contributed by atoms with van der Waals surface area (Å²) >= 11 is 0. The Balaban J connectivity index is 1.62. The summed E-state index contributed by atoms with van der Waals surface area (Å²) in [6, 6.07) is 0.831. The van der Waals surface area contributed by atoms with Crippen LogP contribution in [0.4, 0.5) is 0 Å². The predicted octanol–water partition coefficient (Wildman–Crippen LogP) is 1.69. The third-order valence-electron chi connectivity index (χ3n) is 5.33. The van der Waals surface area contributed by atoms with Gasteiger partial charge in [-0.05, 0) is 52.2 Å². The van der Waals surface area contributed by atoms with E-state index in [1.165, 1.54) is 64.8 Å². The largest absolute Gasteiger partial charge is 0.394 e. The highest BCUT2D eigenvalue weighted by Gasteiger charge is 2.28. The minimum atomic E-state index is -0.0865. The minimum absolute atomic E-state index is 0.0865. The molecular formula is C17H35N3O. The molecular weight excluding hydrogens is 262 g/mol. The zero-order valence-corrected chi connectivity index (χ0v) is 14.1. The number of aliphatic hydroxyl groups excluding tert-OH is 1. The van der Waals surface area contributed by atoms with Gasteiger partial charge in [-0.25, -0.2) is 0 Å². The van der Waals surface area contributed by atoms with Crippen LogP contribution in [0, 0.1) is 0 Å². The molecule has 0 aromatic carbocycles. The van der Waals surface area contributed by atoms with Crippen LogP contribution in [-0.2, 0) is 0 Å². The molecule has 2 heterocycles. The van der Waals surface area contributed by atoms with Crippen LogP contribution in [0.3, 0.4) is 0 Å². The Labute approximate surface area is 130 Å². The standard InChI is InChI=1S/C17H35N3O/c1-3-18-17(2,15-21)9-5-7-10-19-12-13-20-11-6-4-8-16(20)14-19/h16,18,21H,3-15H2,1-2H3. The lowest BCUT2D eigenvalue weighted by Crippen LogP contribution is -2.54. The van der Waals surface area contributed by atoms with Crippen molar-refractivity contribution >= 4 is 0 Å². The molecule has 0 aromatic heterocycles. The quantitative estimate of drug-likeness (QED) is 0.669. The molecule has 0 bridgehead atoms. The van der Waals surface area contributed by atoms with Crippen LogP contribution in [0.2, 0.25) is 0 Å². The van der Waals surface area contributed by atoms with Gasteiger partial charge >= 0.3 is 0 Å². The van der Waals surface area contributed by atoms with Crippen LogP contribution in [0.1, 0.15) is 52.4 Å². The van der Waals surface area contributed by atoms with Crippen molar-refractivity contribution in [2.24, 2.45) is 0 Å². The Kier molecular flexibility index (Phi) is 6.93. The summed E-state index contributed by atoms with van der Waals surface area (Å²) in [6.07, 6.45) is 7.76. The lowest BCUT2D eigenvalue weighted by Gasteiger charge is -2.44. The van der Waals surface area contributed by atoms with Crippen LogP contribution in [0.15, 0.2) is 0 Å². The van der Waals surface area contributed by atoms with Crippen molar-refractivity contribution in [3.63, 3.8) is 0 Å². The molecule has 4 heteroatoms. The van der Waals surface area contributed by atoms with Gasteiger partial charge in [0.15, 0.2) is 0 Å². The molecule has 124 valence electrons. The highest BCUT2D eigenvalue weighted by atomic mass is 16.3. The Morgan fingerprint density at radius 2 is 2.05 bits per heavy atom. The SMILES string of the molecule is CCNC(C)(CO)CCCCN1CCN2CCCCC2C1. The second-order valence-corrected chi connectivity index (χ2v) is 7.19. The van der Waals surface area contributed by atoms with Crippen molar-refractivity contribution in [1.29, 1.82) is 0 Å². The number of hydrogen-bond acceptors (Lipinski definition) is 4. The maximum atomic E-state index is 9.52. The molecule has 2 aliphatic heterocycles. The molecule has 21 heavy (non-hydrogen) atoms. The second kappa shape index (κ2) is 8.47. The predicted molar refractivity (Wildman–Crippen MR) is 88.7 cm³/mol. The monoisotopic (exact) mass is 297 g/mol. The maximum absolute atomic E-state index is 9.52. The van der Waals surface area contributed by atoms with Crippen molar-refractivity contribution in [3.05, 3.63) is 0 Å². The van der Waals surface area contributed by atoms with Gasteiger partial charge in [-0.3, -0.25) is 4.90 Å². The summed E-state index contributed by atoms with van der Waals surface area (Å²) < 4.78 is 0. The molecule has 4 nitrogen and oxygen atoms in total. The molecule has 2 N–H and O–H groups in total. The van der Waals surface area contributed by atoms with Crippen molar-refractivity contribution in [1.82, 2.24) is 15.1 Å². The van der Waals surface area contributed by atoms with Crippen LogP contribution >= 0.6 is 0 Å². The Morgan fingerprint density at radius 1 is 1.19 bits per heavy atom. The summed E-state index contributed by atoms with van der Waals surface area (Å²) in [6.45, 7) is 11.8. The van der Waals surface area contributed by atoms with E-state index >= 15 is 0 Å². The molecule has 0 amide bonds. The highest BCUT2D eigenvalue weighted by Crippen LogP contribution is 2.21. The number of nitrogens with one attached hydrogen (secondary N) is 1. The minimum Gasteiger partial charge on any atom is -0.394 e. The van der Waals surface area contributed by atoms with Gasteiger partial charge in [0.2, 0.25) is 0 Å². The molecule has 2 fully saturated rings. The van der Waals surface area contributed by atoms with E-state index in [9.17, 15) is 5.11 Å². The van der Waals surface area contributed by atoms with Gasteiger partial charge in [0.1, 0.15) is 0 Å². The van der Waals surface area contributed by atoms with E-state index in [0.29, 0.717) is 0 Å². The van der Waals surface area contributed by atoms with Gasteiger partial charge in [0.25, 0.3) is 0 Å². The van der Waals surface area contributed by atoms with E-state index in [2.05, 4.69) is 29.0 Å². The number of aliphatic hydroxyl groups is 1. The first-order chi connectivity index (χ1) is 10.2. The summed E-state index contributed by atoms with van der Waals surface area (Å²) in [5.41, 5.74) is -0.0865. The number of fused-ring (bicyclic) bond motifs is 1. The first-order valence-corrected chi connectivity index (χ1v) is 8.99. The molecule has 0 saturated carbocycles. The van der Waals surface area contributed by atoms with E-state index in [-0.39, 0.29) is 12.1 Å². The van der Waals surface area contributed by atoms with Crippen LogP contribution < -0.4 is 5.32 Å². The summed E-state index contributed by atoms with van der Waals surface area (Å²) in [5.74, 6) is 0. The lowest BCUT2D eigenvalue weighted by atomic mass is 9.95. The zero-order chi connectivity index (χ0) is 15.1. The van der Waals surface area contributed by atoms with Crippen molar-refractivity contribution < 1.29 is 5.11 Å². The van der Waals surface area contributed by atoms with Gasteiger partial charge in [0.05, 0.1) is 6.61 Å². The molecule has 2 atom stereocenters. The Morgan fingerprint density at radius 3 is 2.81 bits per heavy atom. The Hall–Kier alpha value is -0.160. The topological polar surface area (TPSA) is 38.7 Å². The number of unbranched alkanes of at least 4 members (excludes halogenated alkanes) is 1. The normalized spacial score (nSPS) is 27.3. The van der Waals surface area contributed by atoms with E-state index in [0.717, 1.165) is 19.0 Å². The second-order valence-electron chi connectivity index (χ2n) is 7.19. The van der Waals surface area contributed by atoms with Gasteiger partial charge in [-0.1, -0.05) is 19.8 Å². The average molecular weight is 297 g/mol. The molecule has 2 unspecified atom stereocenters. The molecule has 0 radical (unpaired) electrons. The van der Waals surface area contributed by atoms with E-state index in [1.807, 2.05) is 0 Å². The average Bonchev–Trinajstić information content (AvgIpc) is 2.52. The van der Waals surface area contributed by atoms with Gasteiger partial charge in [-0.15, -0.1) is 0 Å². The van der Waals surface area contributed by atoms with Crippen molar-refractivity contribution in [2.75, 3.05) is 45.9 Å². The van der Waals surface area contributed by atoms with E-state index in [4.69, 9.17) is 0 Å². The smallest absolute Gasteiger partial charge is 0.0610 e. The first-order valence-electron chi connectivity index (χ1n) is 8.99. The molecule has 0 aliphatic carbocycles. The molecule has 2 rings (SSSR count). The lowest BCUT2D eigenvalue weighted by molar-refractivity contribution is 0.0481. The van der Waals surface area contributed by atoms with E-state index in [1.54, 1.807) is 0 Å². The Bertz CT molecular complexity index is 300. The van der Waals surface area contributed by atoms with Crippen LogP contribution in [-0.4, -0.2) is 72.4 Å². The number of piperazine rings is 1. The maximum Gasteiger partial charge on any atom is 0.0610 e. The summed E-state index contributed by atoms with van der Waals surface area (Å²) in [7, 11) is 0. The summed E-state index contributed by atoms with van der Waals surface area (Å²) in [5, 5.41) is 12.9. The molecule has 2 saturated heterocycles. The zero-order valence-electron chi connectivity index (χ0n) is 14.1. The number of rotatable bonds is 8. The molecule has 2 aliphatic rings.